The van der Waals surface area contributed by atoms with E-state index >= 15 is 0 Å². The minimum atomic E-state index is -3.78. The summed E-state index contributed by atoms with van der Waals surface area (Å²) in [5.74, 6) is -1.16. The molecule has 0 atom stereocenters. The third-order valence-electron chi connectivity index (χ3n) is 2.58. The van der Waals surface area contributed by atoms with Gasteiger partial charge in [-0.3, -0.25) is 9.59 Å². The Kier molecular flexibility index (Phi) is 2.82. The Morgan fingerprint density at radius 2 is 2.14 bits per heavy atom. The standard InChI is InChI=1S/C12H7F2N3O4/c13-12(14)20-8-3-1-2-6(10(8)21-12)17-11(19)7-4-16-9(18)5-15-7/h1-5H,(H,16,18)(H,17,19). The number of nitrogens with zero attached hydrogens (tertiary/aromatic N) is 1. The number of H-pyrrole nitrogens is 1. The Labute approximate surface area is 115 Å². The van der Waals surface area contributed by atoms with E-state index in [2.05, 4.69) is 24.8 Å². The first-order valence-electron chi connectivity index (χ1n) is 5.69. The maximum absolute atomic E-state index is 13.0. The second-order valence-corrected chi connectivity index (χ2v) is 4.05. The molecule has 21 heavy (non-hydrogen) atoms. The molecule has 0 aliphatic carbocycles. The number of carbonyl (C=O) groups is 1. The van der Waals surface area contributed by atoms with Crippen LogP contribution in [0, 0.1) is 0 Å². The molecule has 0 fully saturated rings. The van der Waals surface area contributed by atoms with Gasteiger partial charge >= 0.3 is 6.29 Å². The van der Waals surface area contributed by atoms with Gasteiger partial charge in [0.25, 0.3) is 11.5 Å². The topological polar surface area (TPSA) is 93.3 Å². The van der Waals surface area contributed by atoms with Crippen molar-refractivity contribution in [1.82, 2.24) is 9.97 Å². The van der Waals surface area contributed by atoms with Crippen LogP contribution < -0.4 is 20.3 Å². The molecule has 1 aliphatic heterocycles. The van der Waals surface area contributed by atoms with Gasteiger partial charge in [0.1, 0.15) is 5.69 Å². The lowest BCUT2D eigenvalue weighted by atomic mass is 10.2. The molecule has 0 saturated heterocycles. The van der Waals surface area contributed by atoms with Gasteiger partial charge in [-0.05, 0) is 12.1 Å². The molecule has 9 heteroatoms. The molecule has 108 valence electrons. The van der Waals surface area contributed by atoms with Crippen LogP contribution in [0.2, 0.25) is 0 Å². The van der Waals surface area contributed by atoms with E-state index in [0.717, 1.165) is 12.4 Å². The van der Waals surface area contributed by atoms with Gasteiger partial charge in [0.2, 0.25) is 0 Å². The largest absolute Gasteiger partial charge is 0.586 e. The Hall–Kier alpha value is -2.97. The molecule has 0 bridgehead atoms. The van der Waals surface area contributed by atoms with Crippen molar-refractivity contribution in [2.24, 2.45) is 0 Å². The molecular weight excluding hydrogens is 288 g/mol. The molecule has 0 saturated carbocycles. The molecule has 2 aromatic rings. The molecule has 1 aromatic heterocycles. The predicted octanol–water partition coefficient (Wildman–Crippen LogP) is 1.34. The summed E-state index contributed by atoms with van der Waals surface area (Å²) in [7, 11) is 0. The van der Waals surface area contributed by atoms with E-state index in [1.54, 1.807) is 0 Å². The number of halogens is 2. The van der Waals surface area contributed by atoms with Crippen LogP contribution in [0.1, 0.15) is 10.5 Å². The van der Waals surface area contributed by atoms with Crippen LogP contribution in [-0.4, -0.2) is 22.2 Å². The number of aromatic nitrogens is 2. The smallest absolute Gasteiger partial charge is 0.395 e. The van der Waals surface area contributed by atoms with Gasteiger partial charge in [0.05, 0.1) is 11.9 Å². The summed E-state index contributed by atoms with van der Waals surface area (Å²) in [6.45, 7) is 0. The molecule has 1 amide bonds. The van der Waals surface area contributed by atoms with Crippen LogP contribution in [0.25, 0.3) is 0 Å². The van der Waals surface area contributed by atoms with Crippen LogP contribution in [0.3, 0.4) is 0 Å². The molecule has 2 N–H and O–H groups in total. The summed E-state index contributed by atoms with van der Waals surface area (Å²) in [4.78, 5) is 28.7. The van der Waals surface area contributed by atoms with E-state index in [1.807, 2.05) is 0 Å². The Balaban J connectivity index is 1.87. The Morgan fingerprint density at radius 3 is 2.86 bits per heavy atom. The van der Waals surface area contributed by atoms with Gasteiger partial charge < -0.3 is 19.8 Å². The molecule has 0 radical (unpaired) electrons. The van der Waals surface area contributed by atoms with Crippen LogP contribution in [0.5, 0.6) is 11.5 Å². The molecule has 0 unspecified atom stereocenters. The minimum absolute atomic E-state index is 0.00248. The molecule has 3 rings (SSSR count). The van der Waals surface area contributed by atoms with Crippen molar-refractivity contribution in [2.45, 2.75) is 6.29 Å². The summed E-state index contributed by atoms with van der Waals surface area (Å²) in [6, 6.07) is 4.07. The number of nitrogens with one attached hydrogen (secondary N) is 2. The molecule has 2 heterocycles. The lowest BCUT2D eigenvalue weighted by molar-refractivity contribution is -0.286. The second-order valence-electron chi connectivity index (χ2n) is 4.05. The zero-order valence-corrected chi connectivity index (χ0v) is 10.2. The highest BCUT2D eigenvalue weighted by Gasteiger charge is 2.44. The number of anilines is 1. The monoisotopic (exact) mass is 295 g/mol. The maximum atomic E-state index is 13.0. The van der Waals surface area contributed by atoms with E-state index in [1.165, 1.54) is 18.2 Å². The minimum Gasteiger partial charge on any atom is -0.395 e. The predicted molar refractivity (Wildman–Crippen MR) is 65.5 cm³/mol. The number of hydrogen-bond donors (Lipinski definition) is 2. The van der Waals surface area contributed by atoms with Crippen LogP contribution >= 0.6 is 0 Å². The highest BCUT2D eigenvalue weighted by Crippen LogP contribution is 2.45. The number of alkyl halides is 2. The lowest BCUT2D eigenvalue weighted by Crippen LogP contribution is -2.26. The van der Waals surface area contributed by atoms with E-state index in [9.17, 15) is 18.4 Å². The maximum Gasteiger partial charge on any atom is 0.586 e. The van der Waals surface area contributed by atoms with Crippen molar-refractivity contribution in [3.05, 3.63) is 46.6 Å². The molecule has 1 aromatic carbocycles. The van der Waals surface area contributed by atoms with Crippen molar-refractivity contribution in [1.29, 1.82) is 0 Å². The van der Waals surface area contributed by atoms with Gasteiger partial charge in [-0.2, -0.15) is 0 Å². The average Bonchev–Trinajstić information content (AvgIpc) is 2.74. The summed E-state index contributed by atoms with van der Waals surface area (Å²) in [5.41, 5.74) is -0.552. The zero-order valence-electron chi connectivity index (χ0n) is 10.2. The molecular formula is C12H7F2N3O4. The SMILES string of the molecule is O=C(Nc1cccc2c1OC(F)(F)O2)c1c[nH]c(=O)cn1. The van der Waals surface area contributed by atoms with Crippen LogP contribution in [-0.2, 0) is 0 Å². The van der Waals surface area contributed by atoms with Crippen molar-refractivity contribution in [3.63, 3.8) is 0 Å². The van der Waals surface area contributed by atoms with Gasteiger partial charge in [0, 0.05) is 6.20 Å². The van der Waals surface area contributed by atoms with Crippen molar-refractivity contribution in [2.75, 3.05) is 5.32 Å². The quantitative estimate of drug-likeness (QED) is 0.872. The fraction of sp³-hybridized carbons (Fsp3) is 0.0833. The first-order chi connectivity index (χ1) is 9.94. The number of para-hydroxylation sites is 1. The Morgan fingerprint density at radius 1 is 1.33 bits per heavy atom. The lowest BCUT2D eigenvalue weighted by Gasteiger charge is -2.08. The highest BCUT2D eigenvalue weighted by atomic mass is 19.3. The van der Waals surface area contributed by atoms with E-state index < -0.39 is 17.8 Å². The summed E-state index contributed by atoms with van der Waals surface area (Å²) in [6.07, 6.45) is -1.75. The van der Waals surface area contributed by atoms with E-state index in [4.69, 9.17) is 0 Å². The molecule has 7 nitrogen and oxygen atoms in total. The van der Waals surface area contributed by atoms with Gasteiger partial charge in [0.15, 0.2) is 11.5 Å². The molecule has 0 spiro atoms. The van der Waals surface area contributed by atoms with Crippen molar-refractivity contribution < 1.29 is 23.0 Å². The number of ether oxygens (including phenoxy) is 2. The zero-order chi connectivity index (χ0) is 15.0. The van der Waals surface area contributed by atoms with E-state index in [0.29, 0.717) is 0 Å². The number of benzene rings is 1. The second kappa shape index (κ2) is 4.54. The van der Waals surface area contributed by atoms with Gasteiger partial charge in [-0.1, -0.05) is 6.07 Å². The van der Waals surface area contributed by atoms with Crippen molar-refractivity contribution in [3.8, 4) is 11.5 Å². The van der Waals surface area contributed by atoms with Crippen LogP contribution in [0.4, 0.5) is 14.5 Å². The fourth-order valence-electron chi connectivity index (χ4n) is 1.72. The van der Waals surface area contributed by atoms with E-state index in [-0.39, 0.29) is 22.9 Å². The summed E-state index contributed by atoms with van der Waals surface area (Å²) < 4.78 is 34.6. The summed E-state index contributed by atoms with van der Waals surface area (Å²) >= 11 is 0. The Bertz CT molecular complexity index is 755. The fourth-order valence-corrected chi connectivity index (χ4v) is 1.72. The third-order valence-corrected chi connectivity index (χ3v) is 2.58. The average molecular weight is 295 g/mol. The number of hydrogen-bond acceptors (Lipinski definition) is 5. The number of carbonyl (C=O) groups excluding carboxylic acids is 1. The van der Waals surface area contributed by atoms with Gasteiger partial charge in [-0.15, -0.1) is 8.78 Å². The van der Waals surface area contributed by atoms with Crippen LogP contribution in [0.15, 0.2) is 35.4 Å². The number of fused-ring (bicyclic) bond motifs is 1. The number of rotatable bonds is 2. The first kappa shape index (κ1) is 13.0. The number of amides is 1. The first-order valence-corrected chi connectivity index (χ1v) is 5.69. The number of aromatic amines is 1. The highest BCUT2D eigenvalue weighted by molar-refractivity contribution is 6.03. The summed E-state index contributed by atoms with van der Waals surface area (Å²) in [5, 5.41) is 2.35. The molecule has 1 aliphatic rings. The van der Waals surface area contributed by atoms with Gasteiger partial charge in [-0.25, -0.2) is 4.98 Å². The van der Waals surface area contributed by atoms with Crippen molar-refractivity contribution >= 4 is 11.6 Å². The third kappa shape index (κ3) is 2.53. The normalized spacial score (nSPS) is 14.8.